The highest BCUT2D eigenvalue weighted by Crippen LogP contribution is 2.35. The molecule has 0 aliphatic carbocycles. The maximum atomic E-state index is 12.9. The van der Waals surface area contributed by atoms with E-state index in [9.17, 15) is 13.2 Å². The summed E-state index contributed by atoms with van der Waals surface area (Å²) in [5, 5.41) is 0.682. The first-order valence-corrected chi connectivity index (χ1v) is 13.7. The van der Waals surface area contributed by atoms with Crippen LogP contribution in [-0.2, 0) is 28.4 Å². The largest absolute Gasteiger partial charge is 0.475 e. The molecule has 184 valence electrons. The average molecular weight is 507 g/mol. The summed E-state index contributed by atoms with van der Waals surface area (Å²) in [6, 6.07) is 5.84. The fraction of sp³-hybridized carbons (Fsp3) is 0.478. The first-order chi connectivity index (χ1) is 16.2. The van der Waals surface area contributed by atoms with Crippen molar-refractivity contribution in [3.8, 4) is 17.0 Å². The van der Waals surface area contributed by atoms with Crippen molar-refractivity contribution in [2.75, 3.05) is 46.2 Å². The van der Waals surface area contributed by atoms with Gasteiger partial charge in [-0.2, -0.15) is 4.31 Å². The Morgan fingerprint density at radius 2 is 2.03 bits per heavy atom. The van der Waals surface area contributed by atoms with Crippen molar-refractivity contribution in [1.82, 2.24) is 18.8 Å². The first kappa shape index (κ1) is 24.8. The number of rotatable bonds is 8. The number of hydrogen-bond donors (Lipinski definition) is 0. The van der Waals surface area contributed by atoms with E-state index >= 15 is 0 Å². The van der Waals surface area contributed by atoms with Gasteiger partial charge in [0.1, 0.15) is 6.61 Å². The van der Waals surface area contributed by atoms with Crippen molar-refractivity contribution < 1.29 is 17.9 Å². The first-order valence-electron chi connectivity index (χ1n) is 11.1. The Morgan fingerprint density at radius 1 is 1.24 bits per heavy atom. The Morgan fingerprint density at radius 3 is 2.74 bits per heavy atom. The molecule has 3 aromatic heterocycles. The van der Waals surface area contributed by atoms with Gasteiger partial charge in [0.05, 0.1) is 18.2 Å². The summed E-state index contributed by atoms with van der Waals surface area (Å²) in [5.41, 5.74) is 1.83. The van der Waals surface area contributed by atoms with Crippen LogP contribution in [-0.4, -0.2) is 79.4 Å². The van der Waals surface area contributed by atoms with Gasteiger partial charge < -0.3 is 14.0 Å². The van der Waals surface area contributed by atoms with Crippen LogP contribution in [0.15, 0.2) is 35.4 Å². The van der Waals surface area contributed by atoms with E-state index in [1.165, 1.54) is 10.6 Å². The van der Waals surface area contributed by atoms with Crippen molar-refractivity contribution in [2.24, 2.45) is 7.05 Å². The van der Waals surface area contributed by atoms with Crippen LogP contribution in [0.25, 0.3) is 21.2 Å². The number of hydrogen-bond acceptors (Lipinski definition) is 8. The molecule has 1 aliphatic rings. The number of nitrogens with zero attached hydrogens (tertiary/aromatic N) is 4. The van der Waals surface area contributed by atoms with Crippen molar-refractivity contribution in [2.45, 2.75) is 19.5 Å². The molecule has 11 heteroatoms. The summed E-state index contributed by atoms with van der Waals surface area (Å²) in [5.74, 6) is 0.505. The molecule has 0 amide bonds. The molecule has 0 radical (unpaired) electrons. The SMILES string of the molecule is COCCOc1cc(-c2cn(C)c(=O)c3cc(CN4CCN(S(C)(=O)=O)CC4C)sc23)ccn1. The van der Waals surface area contributed by atoms with Gasteiger partial charge >= 0.3 is 0 Å². The average Bonchev–Trinajstić information content (AvgIpc) is 3.21. The second-order valence-electron chi connectivity index (χ2n) is 8.58. The number of aromatic nitrogens is 2. The van der Waals surface area contributed by atoms with Crippen molar-refractivity contribution in [3.63, 3.8) is 0 Å². The molecule has 1 fully saturated rings. The van der Waals surface area contributed by atoms with E-state index in [1.807, 2.05) is 31.3 Å². The monoisotopic (exact) mass is 506 g/mol. The van der Waals surface area contributed by atoms with Gasteiger partial charge in [-0.25, -0.2) is 13.4 Å². The highest BCUT2D eigenvalue weighted by Gasteiger charge is 2.29. The van der Waals surface area contributed by atoms with E-state index in [0.29, 0.717) is 50.7 Å². The third-order valence-corrected chi connectivity index (χ3v) is 8.46. The number of piperazine rings is 1. The molecule has 0 N–H and O–H groups in total. The molecule has 0 saturated carbocycles. The van der Waals surface area contributed by atoms with E-state index < -0.39 is 10.0 Å². The standard InChI is InChI=1S/C23H30N4O5S2/c1-16-13-27(34(4,29)30)8-7-26(16)14-18-12-19-22(33-18)20(15-25(2)23(19)28)17-5-6-24-21(11-17)32-10-9-31-3/h5-6,11-12,15-16H,7-10,13-14H2,1-4H3. The number of sulfonamides is 1. The van der Waals surface area contributed by atoms with Crippen LogP contribution in [0.2, 0.25) is 0 Å². The van der Waals surface area contributed by atoms with Crippen LogP contribution in [0.4, 0.5) is 0 Å². The Balaban J connectivity index is 1.63. The minimum atomic E-state index is -3.19. The number of aryl methyl sites for hydroxylation is 1. The zero-order chi connectivity index (χ0) is 24.5. The normalized spacial score (nSPS) is 17.9. The molecule has 3 aromatic rings. The summed E-state index contributed by atoms with van der Waals surface area (Å²) >= 11 is 1.60. The summed E-state index contributed by atoms with van der Waals surface area (Å²) in [6.45, 7) is 5.19. The van der Waals surface area contributed by atoms with Crippen LogP contribution in [0.1, 0.15) is 11.8 Å². The molecule has 1 unspecified atom stereocenters. The highest BCUT2D eigenvalue weighted by atomic mass is 32.2. The fourth-order valence-corrected chi connectivity index (χ4v) is 6.27. The number of pyridine rings is 2. The van der Waals surface area contributed by atoms with Gasteiger partial charge in [0, 0.05) is 80.0 Å². The van der Waals surface area contributed by atoms with E-state index in [2.05, 4.69) is 9.88 Å². The number of fused-ring (bicyclic) bond motifs is 1. The molecular weight excluding hydrogens is 476 g/mol. The van der Waals surface area contributed by atoms with Gasteiger partial charge in [0.2, 0.25) is 15.9 Å². The lowest BCUT2D eigenvalue weighted by Crippen LogP contribution is -2.52. The number of methoxy groups -OCH3 is 1. The quantitative estimate of drug-likeness (QED) is 0.432. The van der Waals surface area contributed by atoms with E-state index in [1.54, 1.807) is 36.3 Å². The lowest BCUT2D eigenvalue weighted by molar-refractivity contribution is 0.123. The van der Waals surface area contributed by atoms with Crippen LogP contribution in [0, 0.1) is 0 Å². The van der Waals surface area contributed by atoms with Crippen molar-refractivity contribution in [1.29, 1.82) is 0 Å². The van der Waals surface area contributed by atoms with Crippen molar-refractivity contribution in [3.05, 3.63) is 45.8 Å². The number of thiophene rings is 1. The maximum Gasteiger partial charge on any atom is 0.259 e. The zero-order valence-corrected chi connectivity index (χ0v) is 21.5. The second kappa shape index (κ2) is 10.1. The Bertz CT molecular complexity index is 1330. The maximum absolute atomic E-state index is 12.9. The van der Waals surface area contributed by atoms with Crippen LogP contribution in [0.5, 0.6) is 5.88 Å². The summed E-state index contributed by atoms with van der Waals surface area (Å²) in [7, 11) is 0.186. The highest BCUT2D eigenvalue weighted by molar-refractivity contribution is 7.88. The molecular formula is C23H30N4O5S2. The molecule has 4 rings (SSSR count). The molecule has 1 atom stereocenters. The summed E-state index contributed by atoms with van der Waals surface area (Å²) in [6.07, 6.45) is 4.81. The smallest absolute Gasteiger partial charge is 0.259 e. The van der Waals surface area contributed by atoms with Gasteiger partial charge in [0.15, 0.2) is 0 Å². The van der Waals surface area contributed by atoms with Crippen LogP contribution >= 0.6 is 11.3 Å². The van der Waals surface area contributed by atoms with Gasteiger partial charge in [-0.3, -0.25) is 9.69 Å². The van der Waals surface area contributed by atoms with E-state index in [-0.39, 0.29) is 11.6 Å². The lowest BCUT2D eigenvalue weighted by Gasteiger charge is -2.38. The minimum absolute atomic E-state index is 0.0400. The molecule has 9 nitrogen and oxygen atoms in total. The second-order valence-corrected chi connectivity index (χ2v) is 11.7. The minimum Gasteiger partial charge on any atom is -0.475 e. The predicted molar refractivity (Wildman–Crippen MR) is 134 cm³/mol. The lowest BCUT2D eigenvalue weighted by atomic mass is 10.1. The predicted octanol–water partition coefficient (Wildman–Crippen LogP) is 2.15. The van der Waals surface area contributed by atoms with Crippen LogP contribution in [0.3, 0.4) is 0 Å². The zero-order valence-electron chi connectivity index (χ0n) is 19.9. The van der Waals surface area contributed by atoms with Gasteiger partial charge in [0.25, 0.3) is 5.56 Å². The molecule has 0 bridgehead atoms. The molecule has 1 saturated heterocycles. The fourth-order valence-electron chi connectivity index (χ4n) is 4.17. The van der Waals surface area contributed by atoms with Gasteiger partial charge in [-0.1, -0.05) is 0 Å². The van der Waals surface area contributed by atoms with Crippen molar-refractivity contribution >= 4 is 31.4 Å². The molecule has 4 heterocycles. The topological polar surface area (TPSA) is 94.0 Å². The Labute approximate surface area is 203 Å². The third kappa shape index (κ3) is 5.33. The van der Waals surface area contributed by atoms with Crippen LogP contribution < -0.4 is 10.3 Å². The van der Waals surface area contributed by atoms with E-state index in [0.717, 1.165) is 20.7 Å². The number of ether oxygens (including phenoxy) is 2. The third-order valence-electron chi connectivity index (χ3n) is 6.04. The van der Waals surface area contributed by atoms with E-state index in [4.69, 9.17) is 9.47 Å². The van der Waals surface area contributed by atoms with Gasteiger partial charge in [-0.15, -0.1) is 11.3 Å². The summed E-state index contributed by atoms with van der Waals surface area (Å²) in [4.78, 5) is 20.5. The molecule has 0 spiro atoms. The van der Waals surface area contributed by atoms with Gasteiger partial charge in [-0.05, 0) is 24.6 Å². The molecule has 1 aliphatic heterocycles. The summed E-state index contributed by atoms with van der Waals surface area (Å²) < 4.78 is 38.6. The Hall–Kier alpha value is -2.31. The molecule has 0 aromatic carbocycles. The Kier molecular flexibility index (Phi) is 7.39. The molecule has 34 heavy (non-hydrogen) atoms.